The van der Waals surface area contributed by atoms with Crippen molar-refractivity contribution < 1.29 is 18.8 Å². The van der Waals surface area contributed by atoms with Crippen molar-refractivity contribution in [1.29, 1.82) is 0 Å². The van der Waals surface area contributed by atoms with Crippen LogP contribution in [0.2, 0.25) is 5.02 Å². The van der Waals surface area contributed by atoms with Crippen molar-refractivity contribution in [3.63, 3.8) is 0 Å². The third-order valence-corrected chi connectivity index (χ3v) is 5.47. The van der Waals surface area contributed by atoms with Crippen molar-refractivity contribution >= 4 is 23.2 Å². The molecule has 0 spiro atoms. The van der Waals surface area contributed by atoms with Gasteiger partial charge in [0.25, 0.3) is 5.91 Å². The number of amides is 1. The molecule has 0 fully saturated rings. The van der Waals surface area contributed by atoms with Crippen molar-refractivity contribution in [2.45, 2.75) is 19.1 Å². The fourth-order valence-electron chi connectivity index (χ4n) is 3.61. The topological polar surface area (TPSA) is 51.1 Å². The largest absolute Gasteiger partial charge is 0.497 e. The number of benzene rings is 3. The Bertz CT molecular complexity index is 1130. The van der Waals surface area contributed by atoms with E-state index in [0.29, 0.717) is 11.4 Å². The first-order chi connectivity index (χ1) is 15.5. The smallest absolute Gasteiger partial charge is 0.257 e. The third kappa shape index (κ3) is 5.08. The Balaban J connectivity index is 1.51. The van der Waals surface area contributed by atoms with Crippen LogP contribution in [0.1, 0.15) is 27.9 Å². The zero-order valence-corrected chi connectivity index (χ0v) is 18.3. The van der Waals surface area contributed by atoms with Crippen LogP contribution >= 0.6 is 11.6 Å². The maximum atomic E-state index is 14.3. The van der Waals surface area contributed by atoms with E-state index < -0.39 is 11.7 Å². The van der Waals surface area contributed by atoms with E-state index in [9.17, 15) is 9.18 Å². The summed E-state index contributed by atoms with van der Waals surface area (Å²) in [5.74, 6) is -0.214. The summed E-state index contributed by atoms with van der Waals surface area (Å²) in [7, 11) is 1.61. The lowest BCUT2D eigenvalue weighted by Gasteiger charge is -2.25. The van der Waals surface area contributed by atoms with E-state index in [0.717, 1.165) is 22.6 Å². The number of nitrogens with zero attached hydrogens (tertiary/aromatic N) is 2. The van der Waals surface area contributed by atoms with Crippen molar-refractivity contribution in [3.8, 4) is 5.75 Å². The minimum absolute atomic E-state index is 0.0174. The van der Waals surface area contributed by atoms with Crippen molar-refractivity contribution in [2.75, 3.05) is 13.7 Å². The molecular weight excluding hydrogens is 431 g/mol. The number of carbonyl (C=O) groups excluding carboxylic acids is 1. The van der Waals surface area contributed by atoms with E-state index in [1.54, 1.807) is 36.3 Å². The average molecular weight is 453 g/mol. The second-order valence-electron chi connectivity index (χ2n) is 7.49. The molecule has 164 valence electrons. The predicted molar refractivity (Wildman–Crippen MR) is 122 cm³/mol. The normalized spacial score (nSPS) is 15.1. The van der Waals surface area contributed by atoms with Crippen LogP contribution in [0.5, 0.6) is 5.75 Å². The number of oxime groups is 1. The lowest BCUT2D eigenvalue weighted by atomic mass is 10.0. The van der Waals surface area contributed by atoms with E-state index in [4.69, 9.17) is 21.2 Å². The van der Waals surface area contributed by atoms with Gasteiger partial charge in [0.15, 0.2) is 6.10 Å². The van der Waals surface area contributed by atoms with Crippen LogP contribution in [0.25, 0.3) is 0 Å². The van der Waals surface area contributed by atoms with Gasteiger partial charge in [-0.3, -0.25) is 4.79 Å². The van der Waals surface area contributed by atoms with E-state index in [-0.39, 0.29) is 24.8 Å². The molecule has 3 aromatic carbocycles. The molecule has 0 N–H and O–H groups in total. The summed E-state index contributed by atoms with van der Waals surface area (Å²) in [5.41, 5.74) is 2.58. The van der Waals surface area contributed by atoms with Crippen LogP contribution in [0, 0.1) is 5.82 Å². The Hall–Kier alpha value is -3.38. The molecule has 0 aliphatic carbocycles. The molecule has 0 saturated carbocycles. The standard InChI is InChI=1S/C25H22ClFN2O3/c1-31-20-11-9-18(10-12-20)24-14-21(32-28-24)16-29(15-17-5-4-6-19(26)13-17)25(30)22-7-2-3-8-23(22)27/h2-13,21H,14-16H2,1H3. The van der Waals surface area contributed by atoms with Crippen LogP contribution in [0.3, 0.4) is 0 Å². The van der Waals surface area contributed by atoms with Gasteiger partial charge in [0, 0.05) is 18.0 Å². The van der Waals surface area contributed by atoms with Gasteiger partial charge in [0.2, 0.25) is 0 Å². The molecule has 1 aliphatic rings. The number of rotatable bonds is 7. The van der Waals surface area contributed by atoms with Crippen LogP contribution in [0.4, 0.5) is 4.39 Å². The number of halogens is 2. The lowest BCUT2D eigenvalue weighted by molar-refractivity contribution is 0.0402. The van der Waals surface area contributed by atoms with Gasteiger partial charge in [-0.2, -0.15) is 0 Å². The van der Waals surface area contributed by atoms with Crippen molar-refractivity contribution in [1.82, 2.24) is 4.90 Å². The maximum absolute atomic E-state index is 14.3. The molecule has 1 heterocycles. The van der Waals surface area contributed by atoms with Gasteiger partial charge in [-0.1, -0.05) is 41.0 Å². The van der Waals surface area contributed by atoms with Crippen LogP contribution in [0.15, 0.2) is 78.0 Å². The second-order valence-corrected chi connectivity index (χ2v) is 7.93. The van der Waals surface area contributed by atoms with Gasteiger partial charge in [0.05, 0.1) is 24.9 Å². The Morgan fingerprint density at radius 3 is 2.66 bits per heavy atom. The summed E-state index contributed by atoms with van der Waals surface area (Å²) < 4.78 is 19.5. The van der Waals surface area contributed by atoms with Crippen LogP contribution < -0.4 is 4.74 Å². The monoisotopic (exact) mass is 452 g/mol. The molecule has 1 atom stereocenters. The Morgan fingerprint density at radius 1 is 1.16 bits per heavy atom. The Morgan fingerprint density at radius 2 is 1.94 bits per heavy atom. The predicted octanol–water partition coefficient (Wildman–Crippen LogP) is 5.32. The SMILES string of the molecule is COc1ccc(C2=NOC(CN(Cc3cccc(Cl)c3)C(=O)c3ccccc3F)C2)cc1. The Labute approximate surface area is 191 Å². The molecule has 7 heteroatoms. The minimum Gasteiger partial charge on any atom is -0.497 e. The average Bonchev–Trinajstić information content (AvgIpc) is 3.27. The first-order valence-electron chi connectivity index (χ1n) is 10.2. The first-order valence-corrected chi connectivity index (χ1v) is 10.6. The molecule has 1 unspecified atom stereocenters. The van der Waals surface area contributed by atoms with E-state index in [1.165, 1.54) is 12.1 Å². The summed E-state index contributed by atoms with van der Waals surface area (Å²) in [6.07, 6.45) is 0.185. The van der Waals surface area contributed by atoms with Gasteiger partial charge in [-0.05, 0) is 59.7 Å². The van der Waals surface area contributed by atoms with Gasteiger partial charge in [-0.25, -0.2) is 4.39 Å². The maximum Gasteiger partial charge on any atom is 0.257 e. The number of ether oxygens (including phenoxy) is 1. The third-order valence-electron chi connectivity index (χ3n) is 5.23. The zero-order valence-electron chi connectivity index (χ0n) is 17.5. The highest BCUT2D eigenvalue weighted by molar-refractivity contribution is 6.30. The Kier molecular flexibility index (Phi) is 6.71. The molecular formula is C25H22ClFN2O3. The number of hydrogen-bond acceptors (Lipinski definition) is 4. The van der Waals surface area contributed by atoms with Gasteiger partial charge >= 0.3 is 0 Å². The van der Waals surface area contributed by atoms with Gasteiger partial charge in [-0.15, -0.1) is 0 Å². The number of methoxy groups -OCH3 is 1. The minimum atomic E-state index is -0.559. The van der Waals surface area contributed by atoms with Gasteiger partial charge in [0.1, 0.15) is 11.6 Å². The fourth-order valence-corrected chi connectivity index (χ4v) is 3.82. The summed E-state index contributed by atoms with van der Waals surface area (Å²) >= 11 is 6.11. The summed E-state index contributed by atoms with van der Waals surface area (Å²) in [6, 6.07) is 20.8. The lowest BCUT2D eigenvalue weighted by Crippen LogP contribution is -2.37. The number of hydrogen-bond donors (Lipinski definition) is 0. The van der Waals surface area contributed by atoms with Crippen molar-refractivity contribution in [2.24, 2.45) is 5.16 Å². The van der Waals surface area contributed by atoms with E-state index in [1.807, 2.05) is 36.4 Å². The van der Waals surface area contributed by atoms with Gasteiger partial charge < -0.3 is 14.5 Å². The molecule has 4 rings (SSSR count). The zero-order chi connectivity index (χ0) is 22.5. The van der Waals surface area contributed by atoms with E-state index in [2.05, 4.69) is 5.16 Å². The highest BCUT2D eigenvalue weighted by Crippen LogP contribution is 2.22. The molecule has 0 bridgehead atoms. The summed E-state index contributed by atoms with van der Waals surface area (Å²) in [5, 5.41) is 4.78. The molecule has 32 heavy (non-hydrogen) atoms. The molecule has 5 nitrogen and oxygen atoms in total. The summed E-state index contributed by atoms with van der Waals surface area (Å²) in [6.45, 7) is 0.522. The fraction of sp³-hybridized carbons (Fsp3) is 0.200. The van der Waals surface area contributed by atoms with E-state index >= 15 is 0 Å². The number of carbonyl (C=O) groups is 1. The molecule has 1 amide bonds. The molecule has 3 aromatic rings. The molecule has 0 saturated heterocycles. The second kappa shape index (κ2) is 9.83. The van der Waals surface area contributed by atoms with Crippen LogP contribution in [-0.2, 0) is 11.4 Å². The highest BCUT2D eigenvalue weighted by Gasteiger charge is 2.28. The van der Waals surface area contributed by atoms with Crippen molar-refractivity contribution in [3.05, 3.63) is 100 Å². The van der Waals surface area contributed by atoms with Crippen LogP contribution in [-0.4, -0.2) is 36.3 Å². The first kappa shape index (κ1) is 21.8. The summed E-state index contributed by atoms with van der Waals surface area (Å²) in [4.78, 5) is 20.4. The molecule has 0 radical (unpaired) electrons. The molecule has 0 aromatic heterocycles. The quantitative estimate of drug-likeness (QED) is 0.487. The highest BCUT2D eigenvalue weighted by atomic mass is 35.5. The molecule has 1 aliphatic heterocycles.